The zero-order chi connectivity index (χ0) is 10.1. The molecule has 0 aliphatic rings. The second kappa shape index (κ2) is 3.34. The Bertz CT molecular complexity index is 498. The minimum absolute atomic E-state index is 0.162. The first-order chi connectivity index (χ1) is 6.66. The van der Waals surface area contributed by atoms with E-state index in [9.17, 15) is 4.79 Å². The smallest absolute Gasteiger partial charge is 0.273 e. The molecule has 2 rings (SSSR count). The summed E-state index contributed by atoms with van der Waals surface area (Å²) in [5.41, 5.74) is 6.06. The predicted molar refractivity (Wildman–Crippen MR) is 58.5 cm³/mol. The lowest BCUT2D eigenvalue weighted by atomic mass is 10.3. The van der Waals surface area contributed by atoms with E-state index < -0.39 is 0 Å². The second-order valence-corrected chi connectivity index (χ2v) is 3.78. The molecule has 0 aliphatic heterocycles. The van der Waals surface area contributed by atoms with Gasteiger partial charge >= 0.3 is 0 Å². The Morgan fingerprint density at radius 2 is 1.93 bits per heavy atom. The van der Waals surface area contributed by atoms with Crippen LogP contribution < -0.4 is 11.3 Å². The van der Waals surface area contributed by atoms with Crippen LogP contribution in [0.2, 0.25) is 0 Å². The van der Waals surface area contributed by atoms with Crippen molar-refractivity contribution in [2.24, 2.45) is 0 Å². The molecule has 0 spiro atoms. The number of nitrogens with one attached hydrogen (secondary N) is 1. The molecule has 0 amide bonds. The van der Waals surface area contributed by atoms with Gasteiger partial charge in [-0.1, -0.05) is 15.9 Å². The van der Waals surface area contributed by atoms with Crippen LogP contribution in [0.1, 0.15) is 0 Å². The number of H-pyrrole nitrogens is 1. The molecule has 0 radical (unpaired) electrons. The third-order valence-electron chi connectivity index (χ3n) is 1.83. The zero-order valence-electron chi connectivity index (χ0n) is 7.20. The van der Waals surface area contributed by atoms with Crippen molar-refractivity contribution in [3.63, 3.8) is 0 Å². The van der Waals surface area contributed by atoms with Crippen molar-refractivity contribution in [1.82, 2.24) is 9.78 Å². The van der Waals surface area contributed by atoms with Crippen molar-refractivity contribution < 1.29 is 0 Å². The zero-order valence-corrected chi connectivity index (χ0v) is 8.78. The van der Waals surface area contributed by atoms with E-state index >= 15 is 0 Å². The summed E-state index contributed by atoms with van der Waals surface area (Å²) < 4.78 is 2.36. The maximum absolute atomic E-state index is 11.4. The summed E-state index contributed by atoms with van der Waals surface area (Å²) >= 11 is 3.32. The first kappa shape index (κ1) is 9.08. The molecule has 1 heterocycles. The molecule has 0 saturated heterocycles. The van der Waals surface area contributed by atoms with Crippen molar-refractivity contribution in [2.45, 2.75) is 0 Å². The quantitative estimate of drug-likeness (QED) is 0.810. The fraction of sp³-hybridized carbons (Fsp3) is 0. The minimum atomic E-state index is -0.162. The lowest BCUT2D eigenvalue weighted by Crippen LogP contribution is -2.13. The Morgan fingerprint density at radius 1 is 1.29 bits per heavy atom. The predicted octanol–water partition coefficient (Wildman–Crippen LogP) is 1.51. The van der Waals surface area contributed by atoms with Gasteiger partial charge < -0.3 is 5.73 Å². The van der Waals surface area contributed by atoms with Gasteiger partial charge in [-0.2, -0.15) is 0 Å². The van der Waals surface area contributed by atoms with Crippen LogP contribution in [0, 0.1) is 0 Å². The summed E-state index contributed by atoms with van der Waals surface area (Å²) in [5.74, 6) is 0.359. The van der Waals surface area contributed by atoms with Gasteiger partial charge in [-0.05, 0) is 24.3 Å². The van der Waals surface area contributed by atoms with Crippen LogP contribution in [-0.2, 0) is 0 Å². The van der Waals surface area contributed by atoms with Crippen LogP contribution in [0.4, 0.5) is 5.82 Å². The molecule has 3 N–H and O–H groups in total. The van der Waals surface area contributed by atoms with Crippen molar-refractivity contribution in [1.29, 1.82) is 0 Å². The molecule has 0 bridgehead atoms. The standard InChI is InChI=1S/C9H8BrN3O/c10-6-1-3-7(4-2-6)13-9(14)5-8(11)12-13/h1-5,12H,11H2. The monoisotopic (exact) mass is 253 g/mol. The van der Waals surface area contributed by atoms with Gasteiger partial charge in [0, 0.05) is 10.5 Å². The average molecular weight is 254 g/mol. The maximum atomic E-state index is 11.4. The third kappa shape index (κ3) is 1.58. The number of hydrogen-bond acceptors (Lipinski definition) is 2. The molecular formula is C9H8BrN3O. The fourth-order valence-corrected chi connectivity index (χ4v) is 1.46. The molecule has 0 fully saturated rings. The lowest BCUT2D eigenvalue weighted by Gasteiger charge is -2.00. The molecule has 0 atom stereocenters. The van der Waals surface area contributed by atoms with E-state index in [-0.39, 0.29) is 5.56 Å². The topological polar surface area (TPSA) is 63.8 Å². The molecule has 14 heavy (non-hydrogen) atoms. The number of anilines is 1. The highest BCUT2D eigenvalue weighted by Crippen LogP contribution is 2.12. The van der Waals surface area contributed by atoms with Crippen molar-refractivity contribution in [2.75, 3.05) is 5.73 Å². The summed E-state index contributed by atoms with van der Waals surface area (Å²) in [5, 5.41) is 2.75. The van der Waals surface area contributed by atoms with Crippen LogP contribution in [0.3, 0.4) is 0 Å². The number of aromatic amines is 1. The molecule has 0 unspecified atom stereocenters. The van der Waals surface area contributed by atoms with Crippen molar-refractivity contribution in [3.8, 4) is 5.69 Å². The molecule has 5 heteroatoms. The molecule has 4 nitrogen and oxygen atoms in total. The van der Waals surface area contributed by atoms with E-state index in [0.717, 1.165) is 10.2 Å². The van der Waals surface area contributed by atoms with Crippen LogP contribution in [-0.4, -0.2) is 9.78 Å². The van der Waals surface area contributed by atoms with Gasteiger partial charge in [0.05, 0.1) is 5.69 Å². The highest BCUT2D eigenvalue weighted by molar-refractivity contribution is 9.10. The second-order valence-electron chi connectivity index (χ2n) is 2.86. The SMILES string of the molecule is Nc1cc(=O)n(-c2ccc(Br)cc2)[nH]1. The highest BCUT2D eigenvalue weighted by atomic mass is 79.9. The average Bonchev–Trinajstić information content (AvgIpc) is 2.47. The molecule has 1 aromatic carbocycles. The van der Waals surface area contributed by atoms with Gasteiger partial charge in [0.15, 0.2) is 0 Å². The number of nitrogens with two attached hydrogens (primary N) is 1. The Morgan fingerprint density at radius 3 is 2.43 bits per heavy atom. The highest BCUT2D eigenvalue weighted by Gasteiger charge is 2.01. The van der Waals surface area contributed by atoms with Crippen molar-refractivity contribution >= 4 is 21.7 Å². The summed E-state index contributed by atoms with van der Waals surface area (Å²) in [7, 11) is 0. The number of aromatic nitrogens is 2. The van der Waals surface area contributed by atoms with Gasteiger partial charge in [0.2, 0.25) is 0 Å². The van der Waals surface area contributed by atoms with Gasteiger partial charge in [0.25, 0.3) is 5.56 Å². The van der Waals surface area contributed by atoms with E-state index in [1.54, 1.807) is 0 Å². The first-order valence-electron chi connectivity index (χ1n) is 4.00. The number of hydrogen-bond donors (Lipinski definition) is 2. The lowest BCUT2D eigenvalue weighted by molar-refractivity contribution is 0.853. The van der Waals surface area contributed by atoms with Crippen LogP contribution in [0.15, 0.2) is 39.6 Å². The first-order valence-corrected chi connectivity index (χ1v) is 4.79. The van der Waals surface area contributed by atoms with Gasteiger partial charge in [0.1, 0.15) is 5.82 Å². The third-order valence-corrected chi connectivity index (χ3v) is 2.35. The molecule has 2 aromatic rings. The van der Waals surface area contributed by atoms with E-state index in [1.807, 2.05) is 24.3 Å². The van der Waals surface area contributed by atoms with E-state index in [1.165, 1.54) is 10.7 Å². The number of rotatable bonds is 1. The molecule has 0 aliphatic carbocycles. The molecule has 0 saturated carbocycles. The fourth-order valence-electron chi connectivity index (χ4n) is 1.20. The Labute approximate surface area is 88.5 Å². The molecular weight excluding hydrogens is 246 g/mol. The summed E-state index contributed by atoms with van der Waals surface area (Å²) in [6.07, 6.45) is 0. The van der Waals surface area contributed by atoms with Crippen molar-refractivity contribution in [3.05, 3.63) is 45.2 Å². The van der Waals surface area contributed by atoms with E-state index in [0.29, 0.717) is 5.82 Å². The summed E-state index contributed by atoms with van der Waals surface area (Å²) in [6.45, 7) is 0. The number of halogens is 1. The van der Waals surface area contributed by atoms with E-state index in [2.05, 4.69) is 21.0 Å². The maximum Gasteiger partial charge on any atom is 0.273 e. The molecule has 72 valence electrons. The number of nitrogens with zero attached hydrogens (tertiary/aromatic N) is 1. The largest absolute Gasteiger partial charge is 0.384 e. The van der Waals surface area contributed by atoms with Crippen LogP contribution in [0.25, 0.3) is 5.69 Å². The van der Waals surface area contributed by atoms with Gasteiger partial charge in [-0.3, -0.25) is 9.89 Å². The summed E-state index contributed by atoms with van der Waals surface area (Å²) in [4.78, 5) is 11.4. The number of benzene rings is 1. The Hall–Kier alpha value is -1.49. The van der Waals surface area contributed by atoms with E-state index in [4.69, 9.17) is 5.73 Å². The summed E-state index contributed by atoms with van der Waals surface area (Å²) in [6, 6.07) is 8.71. The van der Waals surface area contributed by atoms with Crippen LogP contribution in [0.5, 0.6) is 0 Å². The minimum Gasteiger partial charge on any atom is -0.384 e. The van der Waals surface area contributed by atoms with Gasteiger partial charge in [-0.15, -0.1) is 0 Å². The normalized spacial score (nSPS) is 10.4. The van der Waals surface area contributed by atoms with Gasteiger partial charge in [-0.25, -0.2) is 4.68 Å². The Kier molecular flexibility index (Phi) is 2.17. The Balaban J connectivity index is 2.54. The van der Waals surface area contributed by atoms with Crippen LogP contribution >= 0.6 is 15.9 Å². The number of nitrogen functional groups attached to an aromatic ring is 1. The molecule has 1 aromatic heterocycles.